The third-order valence-corrected chi connectivity index (χ3v) is 12.4. The van der Waals surface area contributed by atoms with Gasteiger partial charge in [-0.3, -0.25) is 14.4 Å². The molecule has 0 aromatic heterocycles. The van der Waals surface area contributed by atoms with Crippen LogP contribution in [0.5, 0.6) is 0 Å². The van der Waals surface area contributed by atoms with Gasteiger partial charge in [0.05, 0.1) is 0 Å². The first-order chi connectivity index (χ1) is 38.5. The normalized spacial score (nSPS) is 13.3. The molecule has 1 unspecified atom stereocenters. The number of hydrogen-bond donors (Lipinski definition) is 0. The van der Waals surface area contributed by atoms with Crippen LogP contribution in [0.25, 0.3) is 0 Å². The zero-order chi connectivity index (χ0) is 56.4. The minimum absolute atomic E-state index is 0.112. The van der Waals surface area contributed by atoms with Crippen molar-refractivity contribution in [2.75, 3.05) is 13.2 Å². The van der Waals surface area contributed by atoms with E-state index < -0.39 is 6.10 Å². The van der Waals surface area contributed by atoms with Gasteiger partial charge in [-0.15, -0.1) is 0 Å². The van der Waals surface area contributed by atoms with E-state index in [0.717, 1.165) is 173 Å². The smallest absolute Gasteiger partial charge is 0.306 e. The van der Waals surface area contributed by atoms with Gasteiger partial charge < -0.3 is 14.2 Å². The molecule has 0 fully saturated rings. The first-order valence-electron chi connectivity index (χ1n) is 31.1. The van der Waals surface area contributed by atoms with Gasteiger partial charge in [0.1, 0.15) is 13.2 Å². The van der Waals surface area contributed by atoms with Gasteiger partial charge in [-0.25, -0.2) is 0 Å². The number of allylic oxidation sites excluding steroid dienone is 28. The van der Waals surface area contributed by atoms with E-state index in [2.05, 4.69) is 191 Å². The van der Waals surface area contributed by atoms with Gasteiger partial charge in [0.25, 0.3) is 0 Å². The molecule has 6 nitrogen and oxygen atoms in total. The molecule has 0 bridgehead atoms. The number of carbonyl (C=O) groups is 3. The fourth-order valence-corrected chi connectivity index (χ4v) is 7.76. The van der Waals surface area contributed by atoms with E-state index in [1.54, 1.807) is 0 Å². The Labute approximate surface area is 479 Å². The molecule has 0 N–H and O–H groups in total. The minimum atomic E-state index is -0.818. The summed E-state index contributed by atoms with van der Waals surface area (Å²) in [5.41, 5.74) is 0. The number of hydrogen-bond acceptors (Lipinski definition) is 6. The van der Waals surface area contributed by atoms with Crippen molar-refractivity contribution in [3.63, 3.8) is 0 Å². The van der Waals surface area contributed by atoms with E-state index in [0.29, 0.717) is 19.3 Å². The number of ether oxygens (including phenoxy) is 3. The molecule has 0 saturated carbocycles. The highest BCUT2D eigenvalue weighted by molar-refractivity contribution is 5.71. The van der Waals surface area contributed by atoms with Crippen molar-refractivity contribution in [1.29, 1.82) is 0 Å². The van der Waals surface area contributed by atoms with Gasteiger partial charge in [0.2, 0.25) is 0 Å². The quantitative estimate of drug-likeness (QED) is 0.0261. The van der Waals surface area contributed by atoms with Gasteiger partial charge >= 0.3 is 17.9 Å². The molecular weight excluding hydrogens is 961 g/mol. The van der Waals surface area contributed by atoms with E-state index in [1.807, 2.05) is 0 Å². The first kappa shape index (κ1) is 72.8. The Hall–Kier alpha value is -5.23. The van der Waals surface area contributed by atoms with Gasteiger partial charge in [0, 0.05) is 19.3 Å². The van der Waals surface area contributed by atoms with E-state index in [4.69, 9.17) is 14.2 Å². The highest BCUT2D eigenvalue weighted by Crippen LogP contribution is 2.13. The summed E-state index contributed by atoms with van der Waals surface area (Å²) >= 11 is 0. The van der Waals surface area contributed by atoms with Gasteiger partial charge in [-0.1, -0.05) is 249 Å². The highest BCUT2D eigenvalue weighted by Gasteiger charge is 2.19. The fourth-order valence-electron chi connectivity index (χ4n) is 7.76. The van der Waals surface area contributed by atoms with Crippen molar-refractivity contribution < 1.29 is 28.6 Å². The fraction of sp³-hybridized carbons (Fsp3) is 0.569. The molecule has 0 aliphatic carbocycles. The Kier molecular flexibility index (Phi) is 60.0. The number of rotatable bonds is 54. The Morgan fingerprint density at radius 1 is 0.269 bits per heavy atom. The van der Waals surface area contributed by atoms with Crippen LogP contribution in [0, 0.1) is 0 Å². The van der Waals surface area contributed by atoms with Gasteiger partial charge in [0.15, 0.2) is 6.10 Å². The highest BCUT2D eigenvalue weighted by atomic mass is 16.6. The van der Waals surface area contributed by atoms with Crippen molar-refractivity contribution in [3.8, 4) is 0 Å². The molecule has 6 heteroatoms. The lowest BCUT2D eigenvalue weighted by atomic mass is 10.1. The molecule has 0 aromatic rings. The molecule has 1 atom stereocenters. The van der Waals surface area contributed by atoms with Crippen molar-refractivity contribution in [1.82, 2.24) is 0 Å². The molecule has 0 aliphatic rings. The third kappa shape index (κ3) is 61.6. The zero-order valence-corrected chi connectivity index (χ0v) is 49.9. The molecule has 0 amide bonds. The molecule has 436 valence electrons. The standard InChI is InChI=1S/C72H112O6/c1-4-7-10-13-16-19-22-25-27-28-29-30-31-32-33-34-35-36-37-38-39-40-41-42-43-44-45-48-50-53-56-59-62-65-71(74)77-68-69(67-76-70(73)64-61-58-55-52-49-46-24-21-18-15-12-9-6-3)78-72(75)66-63-60-57-54-51-47-26-23-20-17-14-11-8-5-2/h7,10,12,14-17,19,21,23-27,29-30,32-33,35-36,38-39,41-42,44-45,50,53,69H,4-6,8-9,11,13,18,20,22,28,31,34,37,40,43,46-49,51-52,54-68H2,1-3H3/b10-7-,15-12-,17-14-,19-16-,24-21-,26-23-,27-25-,30-29-,33-32-,36-35-,39-38-,42-41-,45-44-,53-50-. The second kappa shape index (κ2) is 64.3. The van der Waals surface area contributed by atoms with Crippen LogP contribution in [0.3, 0.4) is 0 Å². The molecule has 0 aromatic carbocycles. The van der Waals surface area contributed by atoms with Crippen molar-refractivity contribution in [2.24, 2.45) is 0 Å². The summed E-state index contributed by atoms with van der Waals surface area (Å²) in [7, 11) is 0. The van der Waals surface area contributed by atoms with Crippen LogP contribution in [-0.4, -0.2) is 37.2 Å². The van der Waals surface area contributed by atoms with Crippen LogP contribution < -0.4 is 0 Å². The molecule has 0 rings (SSSR count). The van der Waals surface area contributed by atoms with E-state index >= 15 is 0 Å². The molecule has 0 radical (unpaired) electrons. The second-order valence-corrected chi connectivity index (χ2v) is 19.9. The van der Waals surface area contributed by atoms with Crippen LogP contribution in [0.1, 0.15) is 245 Å². The largest absolute Gasteiger partial charge is 0.462 e. The summed E-state index contributed by atoms with van der Waals surface area (Å²) in [6.45, 7) is 6.34. The summed E-state index contributed by atoms with van der Waals surface area (Å²) < 4.78 is 16.8. The van der Waals surface area contributed by atoms with E-state index in [9.17, 15) is 14.4 Å². The van der Waals surface area contributed by atoms with Crippen LogP contribution in [0.2, 0.25) is 0 Å². The summed E-state index contributed by atoms with van der Waals surface area (Å²) in [4.78, 5) is 38.2. The van der Waals surface area contributed by atoms with E-state index in [1.165, 1.54) is 25.7 Å². The molecule has 0 heterocycles. The number of unbranched alkanes of at least 4 members (excludes halogenated alkanes) is 15. The topological polar surface area (TPSA) is 78.9 Å². The van der Waals surface area contributed by atoms with Gasteiger partial charge in [-0.05, 0) is 148 Å². The van der Waals surface area contributed by atoms with Crippen molar-refractivity contribution in [3.05, 3.63) is 170 Å². The van der Waals surface area contributed by atoms with Crippen LogP contribution in [0.15, 0.2) is 170 Å². The lowest BCUT2D eigenvalue weighted by Gasteiger charge is -2.18. The molecule has 0 aliphatic heterocycles. The van der Waals surface area contributed by atoms with Gasteiger partial charge in [-0.2, -0.15) is 0 Å². The van der Waals surface area contributed by atoms with Crippen molar-refractivity contribution >= 4 is 17.9 Å². The monoisotopic (exact) mass is 1070 g/mol. The molecular formula is C72H112O6. The maximum Gasteiger partial charge on any atom is 0.306 e. The Morgan fingerprint density at radius 3 is 0.859 bits per heavy atom. The predicted molar refractivity (Wildman–Crippen MR) is 338 cm³/mol. The predicted octanol–water partition coefficient (Wildman–Crippen LogP) is 21.5. The Bertz CT molecular complexity index is 1810. The summed E-state index contributed by atoms with van der Waals surface area (Å²) in [6, 6.07) is 0. The minimum Gasteiger partial charge on any atom is -0.462 e. The zero-order valence-electron chi connectivity index (χ0n) is 49.9. The van der Waals surface area contributed by atoms with Crippen LogP contribution >= 0.6 is 0 Å². The third-order valence-electron chi connectivity index (χ3n) is 12.4. The maximum absolute atomic E-state index is 12.8. The Morgan fingerprint density at radius 2 is 0.526 bits per heavy atom. The Balaban J connectivity index is 4.40. The van der Waals surface area contributed by atoms with Crippen LogP contribution in [0.4, 0.5) is 0 Å². The summed E-state index contributed by atoms with van der Waals surface area (Å²) in [5.74, 6) is -0.993. The molecule has 0 spiro atoms. The van der Waals surface area contributed by atoms with E-state index in [-0.39, 0.29) is 37.5 Å². The average molecular weight is 1070 g/mol. The SMILES string of the molecule is CC/C=C\C/C=C\C/C=C\C/C=C\C/C=C\C/C=C\C/C=C\C/C=C\C/C=C\C/C=C\CCCCC(=O)OCC(COC(=O)CCCCCCC/C=C\C/C=C\CCC)OC(=O)CCCCCCC/C=C\C/C=C\CCCC. The summed E-state index contributed by atoms with van der Waals surface area (Å²) in [5, 5.41) is 0. The number of carbonyl (C=O) groups excluding carboxylic acids is 3. The molecule has 78 heavy (non-hydrogen) atoms. The second-order valence-electron chi connectivity index (χ2n) is 19.9. The van der Waals surface area contributed by atoms with Crippen molar-refractivity contribution in [2.45, 2.75) is 252 Å². The molecule has 0 saturated heterocycles. The first-order valence-corrected chi connectivity index (χ1v) is 31.1. The maximum atomic E-state index is 12.8. The summed E-state index contributed by atoms with van der Waals surface area (Å²) in [6.07, 6.45) is 95.0. The average Bonchev–Trinajstić information content (AvgIpc) is 3.44. The lowest BCUT2D eigenvalue weighted by Crippen LogP contribution is -2.30. The van der Waals surface area contributed by atoms with Crippen LogP contribution in [-0.2, 0) is 28.6 Å². The lowest BCUT2D eigenvalue weighted by molar-refractivity contribution is -0.167. The number of esters is 3.